The molecular weight excluding hydrogens is 468 g/mol. The third-order valence-electron chi connectivity index (χ3n) is 7.02. The highest BCUT2D eigenvalue weighted by atomic mass is 32.2. The molecule has 6 nitrogen and oxygen atoms in total. The first-order valence-electron chi connectivity index (χ1n) is 12.5. The van der Waals surface area contributed by atoms with Gasteiger partial charge < -0.3 is 11.1 Å². The van der Waals surface area contributed by atoms with Crippen molar-refractivity contribution < 1.29 is 8.42 Å². The van der Waals surface area contributed by atoms with Crippen molar-refractivity contribution in [1.82, 2.24) is 5.32 Å². The van der Waals surface area contributed by atoms with Gasteiger partial charge in [-0.3, -0.25) is 4.72 Å². The van der Waals surface area contributed by atoms with Crippen LogP contribution in [0, 0.1) is 17.2 Å². The van der Waals surface area contributed by atoms with Gasteiger partial charge in [0.05, 0.1) is 5.56 Å². The molecule has 188 valence electrons. The largest absolute Gasteiger partial charge is 0.328 e. The molecule has 0 heterocycles. The summed E-state index contributed by atoms with van der Waals surface area (Å²) in [7, 11) is -3.89. The molecule has 7 heteroatoms. The fourth-order valence-electron chi connectivity index (χ4n) is 4.82. The average Bonchev–Trinajstić information content (AvgIpc) is 3.65. The molecule has 2 aliphatic rings. The van der Waals surface area contributed by atoms with Crippen LogP contribution in [0.2, 0.25) is 0 Å². The maximum atomic E-state index is 12.9. The van der Waals surface area contributed by atoms with Crippen LogP contribution in [0.1, 0.15) is 50.2 Å². The number of anilines is 1. The molecule has 2 saturated carbocycles. The van der Waals surface area contributed by atoms with Gasteiger partial charge in [0.2, 0.25) is 0 Å². The Labute approximate surface area is 214 Å². The molecule has 0 aliphatic heterocycles. The van der Waals surface area contributed by atoms with Gasteiger partial charge in [0.15, 0.2) is 0 Å². The number of nitriles is 1. The Morgan fingerprint density at radius 2 is 1.86 bits per heavy atom. The number of benzene rings is 2. The second-order valence-corrected chi connectivity index (χ2v) is 11.3. The van der Waals surface area contributed by atoms with E-state index in [9.17, 15) is 13.7 Å². The number of sulfonamides is 1. The Bertz CT molecular complexity index is 1310. The van der Waals surface area contributed by atoms with Gasteiger partial charge in [-0.05, 0) is 74.4 Å². The first-order chi connectivity index (χ1) is 17.3. The first kappa shape index (κ1) is 25.9. The Balaban J connectivity index is 1.39. The molecule has 2 aliphatic carbocycles. The summed E-state index contributed by atoms with van der Waals surface area (Å²) in [6, 6.07) is 16.8. The second kappa shape index (κ2) is 11.3. The van der Waals surface area contributed by atoms with E-state index in [1.807, 2.05) is 37.3 Å². The molecule has 0 bridgehead atoms. The highest BCUT2D eigenvalue weighted by molar-refractivity contribution is 7.92. The van der Waals surface area contributed by atoms with Gasteiger partial charge in [0.25, 0.3) is 10.0 Å². The van der Waals surface area contributed by atoms with Crippen molar-refractivity contribution >= 4 is 21.3 Å². The van der Waals surface area contributed by atoms with Crippen molar-refractivity contribution in [1.29, 1.82) is 5.26 Å². The number of allylic oxidation sites excluding steroid dienone is 4. The minimum absolute atomic E-state index is 0.0379. The van der Waals surface area contributed by atoms with E-state index in [0.717, 1.165) is 48.8 Å². The van der Waals surface area contributed by atoms with Gasteiger partial charge in [-0.25, -0.2) is 8.42 Å². The van der Waals surface area contributed by atoms with Crippen molar-refractivity contribution in [2.75, 3.05) is 4.72 Å². The molecule has 0 aromatic heterocycles. The second-order valence-electron chi connectivity index (χ2n) is 9.67. The van der Waals surface area contributed by atoms with Crippen LogP contribution in [0.15, 0.2) is 83.8 Å². The van der Waals surface area contributed by atoms with Gasteiger partial charge in [0, 0.05) is 29.7 Å². The van der Waals surface area contributed by atoms with Crippen LogP contribution >= 0.6 is 0 Å². The lowest BCUT2D eigenvalue weighted by Gasteiger charge is -2.27. The summed E-state index contributed by atoms with van der Waals surface area (Å²) in [4.78, 5) is -0.0379. The van der Waals surface area contributed by atoms with E-state index in [1.165, 1.54) is 12.1 Å². The number of hydrogen-bond acceptors (Lipinski definition) is 5. The third kappa shape index (κ3) is 6.33. The Hall–Kier alpha value is -3.18. The molecule has 2 atom stereocenters. The molecular formula is C29H34N4O2S. The quantitative estimate of drug-likeness (QED) is 0.412. The van der Waals surface area contributed by atoms with Gasteiger partial charge in [0.1, 0.15) is 11.0 Å². The summed E-state index contributed by atoms with van der Waals surface area (Å²) in [6.45, 7) is 6.25. The predicted molar refractivity (Wildman–Crippen MR) is 146 cm³/mol. The molecule has 0 radical (unpaired) electrons. The van der Waals surface area contributed by atoms with E-state index in [4.69, 9.17) is 5.73 Å². The molecule has 0 amide bonds. The van der Waals surface area contributed by atoms with E-state index >= 15 is 0 Å². The zero-order valence-corrected chi connectivity index (χ0v) is 21.5. The topological polar surface area (TPSA) is 108 Å². The molecule has 2 fully saturated rings. The van der Waals surface area contributed by atoms with Crippen LogP contribution in [0.3, 0.4) is 0 Å². The Morgan fingerprint density at radius 1 is 1.11 bits per heavy atom. The van der Waals surface area contributed by atoms with Gasteiger partial charge in [-0.2, -0.15) is 5.26 Å². The summed E-state index contributed by atoms with van der Waals surface area (Å²) in [5, 5.41) is 13.1. The van der Waals surface area contributed by atoms with Crippen molar-refractivity contribution in [3.8, 4) is 6.07 Å². The monoisotopic (exact) mass is 502 g/mol. The van der Waals surface area contributed by atoms with Crippen molar-refractivity contribution in [2.24, 2.45) is 11.7 Å². The number of nitrogens with zero attached hydrogens (tertiary/aromatic N) is 1. The van der Waals surface area contributed by atoms with Gasteiger partial charge in [-0.15, -0.1) is 0 Å². The fourth-order valence-corrected chi connectivity index (χ4v) is 6.03. The maximum absolute atomic E-state index is 12.9. The van der Waals surface area contributed by atoms with Crippen LogP contribution in [0.5, 0.6) is 0 Å². The van der Waals surface area contributed by atoms with Crippen LogP contribution in [-0.2, 0) is 10.0 Å². The van der Waals surface area contributed by atoms with E-state index in [0.29, 0.717) is 29.7 Å². The highest BCUT2D eigenvalue weighted by Gasteiger charge is 2.39. The van der Waals surface area contributed by atoms with Crippen LogP contribution in [0.25, 0.3) is 5.57 Å². The molecule has 2 aromatic carbocycles. The van der Waals surface area contributed by atoms with E-state index < -0.39 is 10.0 Å². The molecule has 36 heavy (non-hydrogen) atoms. The Kier molecular flexibility index (Phi) is 8.10. The summed E-state index contributed by atoms with van der Waals surface area (Å²) in [5.41, 5.74) is 9.53. The van der Waals surface area contributed by atoms with E-state index in [-0.39, 0.29) is 10.5 Å². The molecule has 4 rings (SSSR count). The SMILES string of the molecule is C=C(/C=C\C(=C/C)c1cccc(NS(=O)(=O)c2ccccc2C#N)c1)[C@H]1CC1NC1CCC(N)CC1. The maximum Gasteiger partial charge on any atom is 0.263 e. The van der Waals surface area contributed by atoms with Crippen LogP contribution in [0.4, 0.5) is 5.69 Å². The van der Waals surface area contributed by atoms with E-state index in [2.05, 4.69) is 22.7 Å². The van der Waals surface area contributed by atoms with Crippen molar-refractivity contribution in [3.05, 3.63) is 90.0 Å². The number of hydrogen-bond donors (Lipinski definition) is 3. The van der Waals surface area contributed by atoms with Crippen LogP contribution in [-0.4, -0.2) is 26.5 Å². The third-order valence-corrected chi connectivity index (χ3v) is 8.46. The summed E-state index contributed by atoms with van der Waals surface area (Å²) >= 11 is 0. The van der Waals surface area contributed by atoms with Gasteiger partial charge >= 0.3 is 0 Å². The molecule has 2 aromatic rings. The zero-order valence-electron chi connectivity index (χ0n) is 20.7. The summed E-state index contributed by atoms with van der Waals surface area (Å²) < 4.78 is 28.4. The van der Waals surface area contributed by atoms with Crippen molar-refractivity contribution in [3.63, 3.8) is 0 Å². The minimum Gasteiger partial charge on any atom is -0.328 e. The number of nitrogens with two attached hydrogens (primary N) is 1. The fraction of sp³-hybridized carbons (Fsp3) is 0.345. The van der Waals surface area contributed by atoms with Gasteiger partial charge in [-0.1, -0.05) is 54.6 Å². The molecule has 4 N–H and O–H groups in total. The lowest BCUT2D eigenvalue weighted by atomic mass is 9.92. The first-order valence-corrected chi connectivity index (χ1v) is 14.0. The number of rotatable bonds is 9. The lowest BCUT2D eigenvalue weighted by molar-refractivity contribution is 0.338. The normalized spacial score (nSPS) is 24.3. The van der Waals surface area contributed by atoms with Crippen LogP contribution < -0.4 is 15.8 Å². The highest BCUT2D eigenvalue weighted by Crippen LogP contribution is 2.38. The number of nitrogens with one attached hydrogen (secondary N) is 2. The lowest BCUT2D eigenvalue weighted by Crippen LogP contribution is -2.38. The Morgan fingerprint density at radius 3 is 2.58 bits per heavy atom. The molecule has 1 unspecified atom stereocenters. The predicted octanol–water partition coefficient (Wildman–Crippen LogP) is 5.12. The smallest absolute Gasteiger partial charge is 0.263 e. The molecule has 0 spiro atoms. The van der Waals surface area contributed by atoms with E-state index in [1.54, 1.807) is 24.3 Å². The van der Waals surface area contributed by atoms with Crippen molar-refractivity contribution in [2.45, 2.75) is 62.0 Å². The summed E-state index contributed by atoms with van der Waals surface area (Å²) in [6.07, 6.45) is 11.7. The standard InChI is InChI=1S/C29H34N4O2S/c1-3-21(12-11-20(2)27-18-28(27)32-25-15-13-24(31)14-16-25)22-8-6-9-26(17-22)33-36(34,35)29-10-5-4-7-23(29)19-30/h3-12,17,24-25,27-28,32-33H,2,13-16,18,31H2,1H3/b12-11-,21-3+/t24?,25?,27-,28?/m1/s1. The zero-order chi connectivity index (χ0) is 25.7. The molecule has 0 saturated heterocycles. The minimum atomic E-state index is -3.89. The summed E-state index contributed by atoms with van der Waals surface area (Å²) in [5.74, 6) is 0.452. The average molecular weight is 503 g/mol.